The minimum atomic E-state index is -0.00763. The molecule has 0 atom stereocenters. The van der Waals surface area contributed by atoms with E-state index < -0.39 is 0 Å². The average Bonchev–Trinajstić information content (AvgIpc) is 2.47. The molecule has 0 aromatic carbocycles. The molecule has 3 heteroatoms. The van der Waals surface area contributed by atoms with Gasteiger partial charge in [0.15, 0.2) is 0 Å². The van der Waals surface area contributed by atoms with E-state index in [2.05, 4.69) is 19.0 Å². The Morgan fingerprint density at radius 1 is 1.31 bits per heavy atom. The first-order valence-corrected chi connectivity index (χ1v) is 5.14. The number of rotatable bonds is 5. The molecule has 0 bridgehead atoms. The molecule has 0 aromatic heterocycles. The molecule has 1 aliphatic rings. The van der Waals surface area contributed by atoms with Crippen molar-refractivity contribution in [3.63, 3.8) is 0 Å². The molecule has 78 valence electrons. The Hall–Kier alpha value is -0.120. The molecule has 0 aromatic rings. The Morgan fingerprint density at radius 3 is 2.46 bits per heavy atom. The van der Waals surface area contributed by atoms with Crippen molar-refractivity contribution in [2.45, 2.75) is 31.2 Å². The second-order valence-electron chi connectivity index (χ2n) is 4.43. The molecule has 0 radical (unpaired) electrons. The van der Waals surface area contributed by atoms with Crippen LogP contribution in [0.3, 0.4) is 0 Å². The van der Waals surface area contributed by atoms with E-state index in [0.717, 1.165) is 32.6 Å². The molecule has 1 aliphatic carbocycles. The number of likely N-dealkylation sites (N-methyl/N-ethyl adjacent to an activating group) is 1. The lowest BCUT2D eigenvalue weighted by atomic mass is 10.0. The number of hydrogen-bond donors (Lipinski definition) is 1. The second-order valence-corrected chi connectivity index (χ2v) is 4.43. The molecule has 0 amide bonds. The highest BCUT2D eigenvalue weighted by Gasteiger charge is 2.29. The lowest BCUT2D eigenvalue weighted by Gasteiger charge is -2.23. The van der Waals surface area contributed by atoms with Crippen LogP contribution in [0.15, 0.2) is 0 Å². The van der Waals surface area contributed by atoms with Gasteiger partial charge in [-0.25, -0.2) is 0 Å². The Labute approximate surface area is 81.2 Å². The smallest absolute Gasteiger partial charge is 0.0646 e. The van der Waals surface area contributed by atoms with Gasteiger partial charge in [0.2, 0.25) is 0 Å². The molecule has 13 heavy (non-hydrogen) atoms. The molecule has 1 saturated carbocycles. The fourth-order valence-electron chi connectivity index (χ4n) is 1.75. The molecule has 0 spiro atoms. The molecule has 1 fully saturated rings. The van der Waals surface area contributed by atoms with Crippen molar-refractivity contribution in [1.29, 1.82) is 0 Å². The van der Waals surface area contributed by atoms with Crippen molar-refractivity contribution in [2.24, 2.45) is 5.73 Å². The third-order valence-corrected chi connectivity index (χ3v) is 2.67. The van der Waals surface area contributed by atoms with Gasteiger partial charge in [0.1, 0.15) is 0 Å². The fourth-order valence-corrected chi connectivity index (χ4v) is 1.75. The summed E-state index contributed by atoms with van der Waals surface area (Å²) in [7, 11) is 4.11. The SMILES string of the molecule is CN(C)CCOCC1(N)CCCC1. The molecule has 3 nitrogen and oxygen atoms in total. The van der Waals surface area contributed by atoms with Crippen LogP contribution < -0.4 is 5.73 Å². The summed E-state index contributed by atoms with van der Waals surface area (Å²) in [5.41, 5.74) is 6.13. The van der Waals surface area contributed by atoms with Gasteiger partial charge in [-0.3, -0.25) is 0 Å². The third-order valence-electron chi connectivity index (χ3n) is 2.67. The molecule has 1 rings (SSSR count). The zero-order valence-corrected chi connectivity index (χ0v) is 8.88. The van der Waals surface area contributed by atoms with Crippen molar-refractivity contribution in [2.75, 3.05) is 33.9 Å². The number of hydrogen-bond acceptors (Lipinski definition) is 3. The second kappa shape index (κ2) is 4.94. The summed E-state index contributed by atoms with van der Waals surface area (Å²) in [6.45, 7) is 2.52. The normalized spacial score (nSPS) is 21.2. The largest absolute Gasteiger partial charge is 0.378 e. The van der Waals surface area contributed by atoms with Gasteiger partial charge >= 0.3 is 0 Å². The summed E-state index contributed by atoms with van der Waals surface area (Å²) in [6.07, 6.45) is 4.81. The highest BCUT2D eigenvalue weighted by atomic mass is 16.5. The van der Waals surface area contributed by atoms with E-state index in [0.29, 0.717) is 0 Å². The van der Waals surface area contributed by atoms with Crippen molar-refractivity contribution in [3.05, 3.63) is 0 Å². The fraction of sp³-hybridized carbons (Fsp3) is 1.00. The predicted molar refractivity (Wildman–Crippen MR) is 54.8 cm³/mol. The van der Waals surface area contributed by atoms with Crippen LogP contribution in [-0.4, -0.2) is 44.3 Å². The summed E-state index contributed by atoms with van der Waals surface area (Å²) in [5.74, 6) is 0. The van der Waals surface area contributed by atoms with Crippen molar-refractivity contribution in [1.82, 2.24) is 4.90 Å². The first kappa shape index (κ1) is 11.0. The first-order valence-electron chi connectivity index (χ1n) is 5.14. The highest BCUT2D eigenvalue weighted by Crippen LogP contribution is 2.27. The molecule has 2 N–H and O–H groups in total. The van der Waals surface area contributed by atoms with E-state index in [1.165, 1.54) is 12.8 Å². The summed E-state index contributed by atoms with van der Waals surface area (Å²) in [6, 6.07) is 0. The number of nitrogens with two attached hydrogens (primary N) is 1. The third kappa shape index (κ3) is 4.07. The van der Waals surface area contributed by atoms with Crippen LogP contribution in [0, 0.1) is 0 Å². The summed E-state index contributed by atoms with van der Waals surface area (Å²) < 4.78 is 5.56. The van der Waals surface area contributed by atoms with Gasteiger partial charge in [0, 0.05) is 12.1 Å². The van der Waals surface area contributed by atoms with Gasteiger partial charge in [0.25, 0.3) is 0 Å². The predicted octanol–water partition coefficient (Wildman–Crippen LogP) is 0.836. The highest BCUT2D eigenvalue weighted by molar-refractivity contribution is 4.88. The van der Waals surface area contributed by atoms with E-state index in [-0.39, 0.29) is 5.54 Å². The van der Waals surface area contributed by atoms with Gasteiger partial charge in [-0.2, -0.15) is 0 Å². The van der Waals surface area contributed by atoms with E-state index in [1.807, 2.05) is 0 Å². The quantitative estimate of drug-likeness (QED) is 0.647. The lowest BCUT2D eigenvalue weighted by Crippen LogP contribution is -2.42. The minimum Gasteiger partial charge on any atom is -0.378 e. The van der Waals surface area contributed by atoms with Crippen molar-refractivity contribution < 1.29 is 4.74 Å². The van der Waals surface area contributed by atoms with Crippen LogP contribution in [0.25, 0.3) is 0 Å². The maximum Gasteiger partial charge on any atom is 0.0646 e. The zero-order chi connectivity index (χ0) is 9.73. The molecule has 0 heterocycles. The van der Waals surface area contributed by atoms with Gasteiger partial charge in [-0.15, -0.1) is 0 Å². The first-order chi connectivity index (χ1) is 6.12. The Bertz CT molecular complexity index is 142. The molecule has 0 aliphatic heterocycles. The monoisotopic (exact) mass is 186 g/mol. The summed E-state index contributed by atoms with van der Waals surface area (Å²) in [4.78, 5) is 2.12. The van der Waals surface area contributed by atoms with Gasteiger partial charge in [-0.1, -0.05) is 12.8 Å². The zero-order valence-electron chi connectivity index (χ0n) is 8.88. The lowest BCUT2D eigenvalue weighted by molar-refractivity contribution is 0.0762. The number of ether oxygens (including phenoxy) is 1. The van der Waals surface area contributed by atoms with E-state index >= 15 is 0 Å². The van der Waals surface area contributed by atoms with Crippen LogP contribution >= 0.6 is 0 Å². The average molecular weight is 186 g/mol. The minimum absolute atomic E-state index is 0.00763. The topological polar surface area (TPSA) is 38.5 Å². The van der Waals surface area contributed by atoms with E-state index in [4.69, 9.17) is 10.5 Å². The molecule has 0 saturated heterocycles. The Morgan fingerprint density at radius 2 is 1.92 bits per heavy atom. The summed E-state index contributed by atoms with van der Waals surface area (Å²) >= 11 is 0. The van der Waals surface area contributed by atoms with Crippen molar-refractivity contribution in [3.8, 4) is 0 Å². The van der Waals surface area contributed by atoms with Crippen molar-refractivity contribution >= 4 is 0 Å². The Kier molecular flexibility index (Phi) is 4.16. The van der Waals surface area contributed by atoms with Crippen LogP contribution in [-0.2, 0) is 4.74 Å². The number of nitrogens with zero attached hydrogens (tertiary/aromatic N) is 1. The van der Waals surface area contributed by atoms with Gasteiger partial charge in [-0.05, 0) is 26.9 Å². The molecule has 0 unspecified atom stereocenters. The maximum absolute atomic E-state index is 6.14. The summed E-state index contributed by atoms with van der Waals surface area (Å²) in [5, 5.41) is 0. The standard InChI is InChI=1S/C10H22N2O/c1-12(2)7-8-13-9-10(11)5-3-4-6-10/h3-9,11H2,1-2H3. The van der Waals surface area contributed by atoms with Crippen LogP contribution in [0.2, 0.25) is 0 Å². The van der Waals surface area contributed by atoms with Gasteiger partial charge in [0.05, 0.1) is 13.2 Å². The van der Waals surface area contributed by atoms with E-state index in [9.17, 15) is 0 Å². The van der Waals surface area contributed by atoms with Crippen LogP contribution in [0.5, 0.6) is 0 Å². The Balaban J connectivity index is 2.04. The maximum atomic E-state index is 6.14. The van der Waals surface area contributed by atoms with Crippen LogP contribution in [0.4, 0.5) is 0 Å². The van der Waals surface area contributed by atoms with E-state index in [1.54, 1.807) is 0 Å². The molecular weight excluding hydrogens is 164 g/mol. The molecular formula is C10H22N2O. The van der Waals surface area contributed by atoms with Crippen LogP contribution in [0.1, 0.15) is 25.7 Å². The van der Waals surface area contributed by atoms with Gasteiger partial charge < -0.3 is 15.4 Å².